The third kappa shape index (κ3) is 4.58. The molecule has 0 saturated heterocycles. The van der Waals surface area contributed by atoms with Crippen LogP contribution in [0.25, 0.3) is 0 Å². The third-order valence-electron chi connectivity index (χ3n) is 3.22. The largest absolute Gasteiger partial charge is 0.392 e. The Morgan fingerprint density at radius 3 is 2.48 bits per heavy atom. The average molecular weight is 305 g/mol. The minimum absolute atomic E-state index is 0.0143. The Morgan fingerprint density at radius 2 is 1.81 bits per heavy atom. The van der Waals surface area contributed by atoms with E-state index in [0.717, 1.165) is 5.56 Å². The molecule has 0 spiro atoms. The Hall–Kier alpha value is -1.85. The van der Waals surface area contributed by atoms with Crippen molar-refractivity contribution in [1.29, 1.82) is 0 Å². The fourth-order valence-electron chi connectivity index (χ4n) is 2.16. The maximum Gasteiger partial charge on any atom is 0.233 e. The number of aliphatic hydroxyl groups excluding tert-OH is 1. The molecule has 1 atom stereocenters. The number of rotatable bonds is 6. The molecule has 4 nitrogen and oxygen atoms in total. The second kappa shape index (κ2) is 6.74. The van der Waals surface area contributed by atoms with Gasteiger partial charge in [0, 0.05) is 5.69 Å². The highest BCUT2D eigenvalue weighted by molar-refractivity contribution is 7.92. The van der Waals surface area contributed by atoms with Crippen molar-refractivity contribution in [3.8, 4) is 0 Å². The monoisotopic (exact) mass is 305 g/mol. The molecule has 1 unspecified atom stereocenters. The predicted octanol–water partition coefficient (Wildman–Crippen LogP) is 2.72. The summed E-state index contributed by atoms with van der Waals surface area (Å²) in [6.07, 6.45) is 0. The number of sulfonamides is 1. The van der Waals surface area contributed by atoms with E-state index in [2.05, 4.69) is 4.72 Å². The highest BCUT2D eigenvalue weighted by atomic mass is 32.2. The normalized spacial score (nSPS) is 12.9. The average Bonchev–Trinajstić information content (AvgIpc) is 2.47. The van der Waals surface area contributed by atoms with E-state index in [4.69, 9.17) is 5.11 Å². The molecule has 0 saturated carbocycles. The van der Waals surface area contributed by atoms with Gasteiger partial charge in [0.1, 0.15) is 0 Å². The lowest BCUT2D eigenvalue weighted by atomic mass is 10.0. The van der Waals surface area contributed by atoms with Crippen LogP contribution in [0.1, 0.15) is 24.0 Å². The number of anilines is 1. The summed E-state index contributed by atoms with van der Waals surface area (Å²) in [4.78, 5) is 0. The zero-order valence-electron chi connectivity index (χ0n) is 11.9. The summed E-state index contributed by atoms with van der Waals surface area (Å²) in [6, 6.07) is 16.3. The lowest BCUT2D eigenvalue weighted by Crippen LogP contribution is -2.20. The molecule has 5 heteroatoms. The zero-order valence-corrected chi connectivity index (χ0v) is 12.7. The summed E-state index contributed by atoms with van der Waals surface area (Å²) in [6.45, 7) is 1.77. The second-order valence-electron chi connectivity index (χ2n) is 5.05. The van der Waals surface area contributed by atoms with Crippen LogP contribution in [0.15, 0.2) is 54.6 Å². The molecule has 0 aliphatic heterocycles. The van der Waals surface area contributed by atoms with Gasteiger partial charge in [-0.15, -0.1) is 0 Å². The molecule has 0 amide bonds. The van der Waals surface area contributed by atoms with Crippen molar-refractivity contribution in [3.05, 3.63) is 65.7 Å². The van der Waals surface area contributed by atoms with Gasteiger partial charge in [-0.05, 0) is 29.2 Å². The van der Waals surface area contributed by atoms with Gasteiger partial charge < -0.3 is 5.11 Å². The molecule has 2 N–H and O–H groups in total. The van der Waals surface area contributed by atoms with Crippen LogP contribution in [0.3, 0.4) is 0 Å². The van der Waals surface area contributed by atoms with Crippen LogP contribution in [0, 0.1) is 0 Å². The van der Waals surface area contributed by atoms with Crippen LogP contribution in [0.2, 0.25) is 0 Å². The molecular weight excluding hydrogens is 286 g/mol. The zero-order chi connectivity index (χ0) is 15.3. The molecule has 2 rings (SSSR count). The van der Waals surface area contributed by atoms with Gasteiger partial charge in [0.15, 0.2) is 0 Å². The number of hydrogen-bond acceptors (Lipinski definition) is 3. The maximum atomic E-state index is 12.2. The van der Waals surface area contributed by atoms with Gasteiger partial charge in [-0.2, -0.15) is 0 Å². The van der Waals surface area contributed by atoms with Crippen molar-refractivity contribution < 1.29 is 13.5 Å². The molecule has 0 aromatic heterocycles. The lowest BCUT2D eigenvalue weighted by molar-refractivity contribution is 0.282. The van der Waals surface area contributed by atoms with Crippen molar-refractivity contribution in [2.45, 2.75) is 19.4 Å². The number of nitrogens with one attached hydrogen (secondary N) is 1. The van der Waals surface area contributed by atoms with Crippen molar-refractivity contribution in [2.24, 2.45) is 0 Å². The van der Waals surface area contributed by atoms with Gasteiger partial charge in [0.25, 0.3) is 0 Å². The van der Waals surface area contributed by atoms with Gasteiger partial charge in [0.2, 0.25) is 10.0 Å². The summed E-state index contributed by atoms with van der Waals surface area (Å²) >= 11 is 0. The molecule has 0 heterocycles. The first-order valence-corrected chi connectivity index (χ1v) is 8.40. The van der Waals surface area contributed by atoms with Crippen LogP contribution in [-0.2, 0) is 16.6 Å². The van der Waals surface area contributed by atoms with Crippen molar-refractivity contribution >= 4 is 15.7 Å². The predicted molar refractivity (Wildman–Crippen MR) is 84.6 cm³/mol. The highest BCUT2D eigenvalue weighted by Crippen LogP contribution is 2.19. The number of benzene rings is 2. The van der Waals surface area contributed by atoms with E-state index in [1.165, 1.54) is 0 Å². The maximum absolute atomic E-state index is 12.2. The Balaban J connectivity index is 2.08. The first-order chi connectivity index (χ1) is 10.00. The minimum atomic E-state index is -3.44. The van der Waals surface area contributed by atoms with Crippen molar-refractivity contribution in [1.82, 2.24) is 0 Å². The summed E-state index contributed by atoms with van der Waals surface area (Å²) in [5.74, 6) is -0.0786. The van der Waals surface area contributed by atoms with E-state index in [9.17, 15) is 8.42 Å². The number of aliphatic hydroxyl groups is 1. The first kappa shape index (κ1) is 15.5. The van der Waals surface area contributed by atoms with Crippen molar-refractivity contribution in [2.75, 3.05) is 10.5 Å². The second-order valence-corrected chi connectivity index (χ2v) is 6.82. The molecule has 0 aliphatic rings. The fourth-order valence-corrected chi connectivity index (χ4v) is 3.58. The Bertz CT molecular complexity index is 684. The van der Waals surface area contributed by atoms with E-state index in [-0.39, 0.29) is 18.3 Å². The van der Waals surface area contributed by atoms with E-state index in [1.807, 2.05) is 37.3 Å². The molecular formula is C16H19NO3S. The summed E-state index contributed by atoms with van der Waals surface area (Å²) < 4.78 is 27.0. The Morgan fingerprint density at radius 1 is 1.10 bits per heavy atom. The van der Waals surface area contributed by atoms with E-state index < -0.39 is 10.0 Å². The molecule has 0 aliphatic carbocycles. The van der Waals surface area contributed by atoms with Crippen LogP contribution < -0.4 is 4.72 Å². The molecule has 21 heavy (non-hydrogen) atoms. The van der Waals surface area contributed by atoms with E-state index >= 15 is 0 Å². The van der Waals surface area contributed by atoms with Gasteiger partial charge in [-0.1, -0.05) is 49.4 Å². The van der Waals surface area contributed by atoms with E-state index in [0.29, 0.717) is 11.3 Å². The number of hydrogen-bond donors (Lipinski definition) is 2. The molecule has 112 valence electrons. The summed E-state index contributed by atoms with van der Waals surface area (Å²) in [7, 11) is -3.44. The minimum Gasteiger partial charge on any atom is -0.392 e. The summed E-state index contributed by atoms with van der Waals surface area (Å²) in [5.41, 5.74) is 2.14. The standard InChI is InChI=1S/C16H19NO3S/c1-13(15-7-3-2-4-8-15)12-21(19,20)17-16-9-5-6-14(10-16)11-18/h2-10,13,17-18H,11-12H2,1H3. The SMILES string of the molecule is CC(CS(=O)(=O)Nc1cccc(CO)c1)c1ccccc1. The van der Waals surface area contributed by atoms with E-state index in [1.54, 1.807) is 24.3 Å². The fraction of sp³-hybridized carbons (Fsp3) is 0.250. The molecule has 2 aromatic carbocycles. The molecule has 2 aromatic rings. The van der Waals surface area contributed by atoms with Gasteiger partial charge in [-0.25, -0.2) is 8.42 Å². The van der Waals surface area contributed by atoms with Gasteiger partial charge in [0.05, 0.1) is 12.4 Å². The van der Waals surface area contributed by atoms with Crippen LogP contribution in [0.5, 0.6) is 0 Å². The van der Waals surface area contributed by atoms with Gasteiger partial charge in [-0.3, -0.25) is 4.72 Å². The molecule has 0 radical (unpaired) electrons. The third-order valence-corrected chi connectivity index (χ3v) is 4.71. The van der Waals surface area contributed by atoms with Gasteiger partial charge >= 0.3 is 0 Å². The van der Waals surface area contributed by atoms with Crippen LogP contribution in [0.4, 0.5) is 5.69 Å². The topological polar surface area (TPSA) is 66.4 Å². The molecule has 0 bridgehead atoms. The summed E-state index contributed by atoms with van der Waals surface area (Å²) in [5, 5.41) is 9.08. The Kier molecular flexibility index (Phi) is 4.98. The first-order valence-electron chi connectivity index (χ1n) is 6.75. The molecule has 0 fully saturated rings. The smallest absolute Gasteiger partial charge is 0.233 e. The van der Waals surface area contributed by atoms with Crippen LogP contribution >= 0.6 is 0 Å². The quantitative estimate of drug-likeness (QED) is 0.862. The lowest BCUT2D eigenvalue weighted by Gasteiger charge is -2.14. The van der Waals surface area contributed by atoms with Crippen molar-refractivity contribution in [3.63, 3.8) is 0 Å². The Labute approximate surface area is 125 Å². The van der Waals surface area contributed by atoms with Crippen LogP contribution in [-0.4, -0.2) is 19.3 Å². The highest BCUT2D eigenvalue weighted by Gasteiger charge is 2.17.